The molecule has 2 saturated heterocycles. The van der Waals surface area contributed by atoms with Gasteiger partial charge in [0.05, 0.1) is 0 Å². The van der Waals surface area contributed by atoms with Crippen LogP contribution in [-0.2, 0) is 9.59 Å². The molecule has 0 aromatic heterocycles. The minimum absolute atomic E-state index is 0.0210. The van der Waals surface area contributed by atoms with E-state index < -0.39 is 0 Å². The van der Waals surface area contributed by atoms with Gasteiger partial charge in [-0.25, -0.2) is 0 Å². The van der Waals surface area contributed by atoms with Gasteiger partial charge in [-0.1, -0.05) is 12.8 Å². The Morgan fingerprint density at radius 1 is 1.16 bits per heavy atom. The number of hydrogen-bond acceptors (Lipinski definition) is 3. The van der Waals surface area contributed by atoms with Gasteiger partial charge >= 0.3 is 0 Å². The zero-order valence-corrected chi connectivity index (χ0v) is 11.8. The molecule has 19 heavy (non-hydrogen) atoms. The Morgan fingerprint density at radius 3 is 2.42 bits per heavy atom. The Kier molecular flexibility index (Phi) is 3.37. The van der Waals surface area contributed by atoms with E-state index in [9.17, 15) is 9.59 Å². The molecule has 1 N–H and O–H groups in total. The summed E-state index contributed by atoms with van der Waals surface area (Å²) in [6, 6.07) is 0. The molecule has 0 aromatic carbocycles. The smallest absolute Gasteiger partial charge is 0.230 e. The number of carbonyl (C=O) groups is 2. The molecule has 0 bridgehead atoms. The number of hydrogen-bond donors (Lipinski definition) is 1. The fourth-order valence-corrected chi connectivity index (χ4v) is 4.52. The van der Waals surface area contributed by atoms with Crippen LogP contribution in [0.15, 0.2) is 0 Å². The normalized spacial score (nSPS) is 32.8. The summed E-state index contributed by atoms with van der Waals surface area (Å²) in [6.45, 7) is 2.04. The highest BCUT2D eigenvalue weighted by Crippen LogP contribution is 2.50. The molecule has 4 nitrogen and oxygen atoms in total. The summed E-state index contributed by atoms with van der Waals surface area (Å²) in [5.74, 6) is 0.564. The first kappa shape index (κ1) is 13.1. The number of nitrogens with zero attached hydrogens (tertiary/aromatic N) is 1. The van der Waals surface area contributed by atoms with E-state index in [1.54, 1.807) is 0 Å². The van der Waals surface area contributed by atoms with Crippen LogP contribution >= 0.6 is 0 Å². The molecular weight excluding hydrogens is 240 g/mol. The number of amides is 2. The third-order valence-corrected chi connectivity index (χ3v) is 5.57. The molecule has 1 saturated carbocycles. The van der Waals surface area contributed by atoms with Gasteiger partial charge in [0, 0.05) is 12.3 Å². The largest absolute Gasteiger partial charge is 0.306 e. The molecular formula is C15H24N2O2. The van der Waals surface area contributed by atoms with Gasteiger partial charge in [0.1, 0.15) is 0 Å². The predicted molar refractivity (Wildman–Crippen MR) is 72.4 cm³/mol. The van der Waals surface area contributed by atoms with Gasteiger partial charge < -0.3 is 4.90 Å². The summed E-state index contributed by atoms with van der Waals surface area (Å²) in [5.41, 5.74) is -0.0407. The number of imide groups is 1. The monoisotopic (exact) mass is 264 g/mol. The van der Waals surface area contributed by atoms with Crippen molar-refractivity contribution in [3.63, 3.8) is 0 Å². The van der Waals surface area contributed by atoms with Gasteiger partial charge in [-0.2, -0.15) is 0 Å². The van der Waals surface area contributed by atoms with Crippen molar-refractivity contribution in [2.45, 2.75) is 44.9 Å². The summed E-state index contributed by atoms with van der Waals surface area (Å²) < 4.78 is 0. The van der Waals surface area contributed by atoms with E-state index >= 15 is 0 Å². The molecule has 4 heteroatoms. The molecule has 1 unspecified atom stereocenters. The number of rotatable bonds is 1. The van der Waals surface area contributed by atoms with Gasteiger partial charge in [0.15, 0.2) is 0 Å². The van der Waals surface area contributed by atoms with Crippen molar-refractivity contribution in [2.75, 3.05) is 20.1 Å². The van der Waals surface area contributed by atoms with Crippen LogP contribution in [0.2, 0.25) is 0 Å². The Bertz CT molecular complexity index is 380. The second-order valence-electron chi connectivity index (χ2n) is 6.78. The van der Waals surface area contributed by atoms with Crippen LogP contribution in [0.3, 0.4) is 0 Å². The van der Waals surface area contributed by atoms with Gasteiger partial charge in [0.25, 0.3) is 0 Å². The third kappa shape index (κ3) is 2.31. The third-order valence-electron chi connectivity index (χ3n) is 5.57. The highest BCUT2D eigenvalue weighted by Gasteiger charge is 2.52. The second kappa shape index (κ2) is 4.89. The van der Waals surface area contributed by atoms with Crippen molar-refractivity contribution in [2.24, 2.45) is 17.3 Å². The summed E-state index contributed by atoms with van der Waals surface area (Å²) >= 11 is 0. The molecule has 3 rings (SSSR count). The lowest BCUT2D eigenvalue weighted by Gasteiger charge is -2.49. The number of carbonyl (C=O) groups excluding carboxylic acids is 2. The Balaban J connectivity index is 1.87. The van der Waals surface area contributed by atoms with Crippen molar-refractivity contribution in [1.29, 1.82) is 0 Å². The molecule has 2 heterocycles. The average molecular weight is 264 g/mol. The molecule has 2 amide bonds. The van der Waals surface area contributed by atoms with Crippen molar-refractivity contribution in [3.8, 4) is 0 Å². The van der Waals surface area contributed by atoms with Crippen LogP contribution in [0, 0.1) is 17.3 Å². The Hall–Kier alpha value is -0.900. The summed E-state index contributed by atoms with van der Waals surface area (Å²) in [6.07, 6.45) is 7.41. The Morgan fingerprint density at radius 2 is 1.79 bits per heavy atom. The van der Waals surface area contributed by atoms with Crippen molar-refractivity contribution in [1.82, 2.24) is 10.2 Å². The minimum atomic E-state index is -0.0520. The van der Waals surface area contributed by atoms with E-state index in [0.717, 1.165) is 25.9 Å². The van der Waals surface area contributed by atoms with Crippen LogP contribution in [-0.4, -0.2) is 36.9 Å². The number of piperidine rings is 2. The molecule has 1 atom stereocenters. The lowest BCUT2D eigenvalue weighted by molar-refractivity contribution is -0.149. The molecule has 106 valence electrons. The predicted octanol–water partition coefficient (Wildman–Crippen LogP) is 1.55. The molecule has 1 spiro atoms. The lowest BCUT2D eigenvalue weighted by atomic mass is 9.60. The van der Waals surface area contributed by atoms with E-state index in [-0.39, 0.29) is 23.1 Å². The van der Waals surface area contributed by atoms with E-state index in [0.29, 0.717) is 12.3 Å². The highest BCUT2D eigenvalue weighted by atomic mass is 16.2. The molecule has 3 fully saturated rings. The standard InChI is InChI=1S/C15H24N2O2/c1-17-8-6-15(7-9-17)10-12(18)16-14(19)13(15)11-4-2-3-5-11/h11,13H,2-10H2,1H3,(H,16,18,19). The maximum Gasteiger partial charge on any atom is 0.230 e. The van der Waals surface area contributed by atoms with Gasteiger partial charge in [-0.3, -0.25) is 14.9 Å². The summed E-state index contributed by atoms with van der Waals surface area (Å²) in [5, 5.41) is 2.60. The van der Waals surface area contributed by atoms with E-state index in [1.165, 1.54) is 25.7 Å². The maximum absolute atomic E-state index is 12.4. The highest BCUT2D eigenvalue weighted by molar-refractivity contribution is 5.99. The van der Waals surface area contributed by atoms with Gasteiger partial charge in [0.2, 0.25) is 11.8 Å². The topological polar surface area (TPSA) is 49.4 Å². The van der Waals surface area contributed by atoms with E-state index in [1.807, 2.05) is 0 Å². The van der Waals surface area contributed by atoms with Gasteiger partial charge in [-0.15, -0.1) is 0 Å². The number of nitrogens with one attached hydrogen (secondary N) is 1. The SMILES string of the molecule is CN1CCC2(CC1)CC(=O)NC(=O)C2C1CCCC1. The molecule has 3 aliphatic rings. The zero-order valence-electron chi connectivity index (χ0n) is 11.8. The lowest BCUT2D eigenvalue weighted by Crippen LogP contribution is -2.57. The van der Waals surface area contributed by atoms with Crippen molar-refractivity contribution in [3.05, 3.63) is 0 Å². The van der Waals surface area contributed by atoms with E-state index in [4.69, 9.17) is 0 Å². The van der Waals surface area contributed by atoms with Crippen LogP contribution in [0.5, 0.6) is 0 Å². The second-order valence-corrected chi connectivity index (χ2v) is 6.78. The first-order valence-corrected chi connectivity index (χ1v) is 7.63. The fraction of sp³-hybridized carbons (Fsp3) is 0.867. The molecule has 0 radical (unpaired) electrons. The maximum atomic E-state index is 12.4. The first-order valence-electron chi connectivity index (χ1n) is 7.63. The van der Waals surface area contributed by atoms with Crippen LogP contribution < -0.4 is 5.32 Å². The van der Waals surface area contributed by atoms with Gasteiger partial charge in [-0.05, 0) is 57.2 Å². The first-order chi connectivity index (χ1) is 9.11. The van der Waals surface area contributed by atoms with Crippen LogP contribution in [0.25, 0.3) is 0 Å². The average Bonchev–Trinajstić information content (AvgIpc) is 2.86. The Labute approximate surface area is 114 Å². The minimum Gasteiger partial charge on any atom is -0.306 e. The molecule has 0 aromatic rings. The fourth-order valence-electron chi connectivity index (χ4n) is 4.52. The summed E-state index contributed by atoms with van der Waals surface area (Å²) in [4.78, 5) is 26.6. The van der Waals surface area contributed by atoms with E-state index in [2.05, 4.69) is 17.3 Å². The summed E-state index contributed by atoms with van der Waals surface area (Å²) in [7, 11) is 2.13. The quantitative estimate of drug-likeness (QED) is 0.731. The van der Waals surface area contributed by atoms with Crippen LogP contribution in [0.4, 0.5) is 0 Å². The van der Waals surface area contributed by atoms with Crippen molar-refractivity contribution >= 4 is 11.8 Å². The zero-order chi connectivity index (χ0) is 13.5. The van der Waals surface area contributed by atoms with Crippen LogP contribution in [0.1, 0.15) is 44.9 Å². The number of likely N-dealkylation sites (tertiary alicyclic amines) is 1. The molecule has 1 aliphatic carbocycles. The molecule has 2 aliphatic heterocycles. The van der Waals surface area contributed by atoms with Crippen molar-refractivity contribution < 1.29 is 9.59 Å².